The number of amides is 4. The van der Waals surface area contributed by atoms with Gasteiger partial charge in [0.15, 0.2) is 0 Å². The van der Waals surface area contributed by atoms with E-state index >= 15 is 0 Å². The number of hydrogen-bond donors (Lipinski definition) is 2. The zero-order chi connectivity index (χ0) is 25.8. The van der Waals surface area contributed by atoms with E-state index < -0.39 is 49.0 Å². The molecule has 2 aromatic rings. The second kappa shape index (κ2) is 10.3. The van der Waals surface area contributed by atoms with Crippen molar-refractivity contribution in [1.82, 2.24) is 15.5 Å². The molecule has 0 bridgehead atoms. The number of hydrogen-bond acceptors (Lipinski definition) is 8. The molecule has 11 heteroatoms. The number of benzene rings is 2. The molecule has 0 aliphatic carbocycles. The summed E-state index contributed by atoms with van der Waals surface area (Å²) >= 11 is 0. The van der Waals surface area contributed by atoms with E-state index in [4.69, 9.17) is 14.2 Å². The van der Waals surface area contributed by atoms with Crippen LogP contribution in [0, 0.1) is 0 Å². The smallest absolute Gasteiger partial charge is 0.338 e. The van der Waals surface area contributed by atoms with Gasteiger partial charge in [0.05, 0.1) is 42.2 Å². The van der Waals surface area contributed by atoms with Crippen LogP contribution >= 0.6 is 0 Å². The van der Waals surface area contributed by atoms with Gasteiger partial charge in [0.25, 0.3) is 11.8 Å². The third-order valence-corrected chi connectivity index (χ3v) is 5.64. The first kappa shape index (κ1) is 24.5. The Morgan fingerprint density at radius 1 is 0.944 bits per heavy atom. The monoisotopic (exact) mass is 493 g/mol. The first-order valence-corrected chi connectivity index (χ1v) is 11.1. The zero-order valence-corrected chi connectivity index (χ0v) is 19.5. The maximum Gasteiger partial charge on any atom is 0.338 e. The Hall–Kier alpha value is -4.67. The summed E-state index contributed by atoms with van der Waals surface area (Å²) in [5, 5.41) is 5.16. The molecule has 11 nitrogen and oxygen atoms in total. The Labute approximate surface area is 206 Å². The van der Waals surface area contributed by atoms with Crippen LogP contribution in [0.15, 0.2) is 59.8 Å². The minimum absolute atomic E-state index is 0.0220. The van der Waals surface area contributed by atoms with Gasteiger partial charge < -0.3 is 24.8 Å². The highest BCUT2D eigenvalue weighted by Gasteiger charge is 2.37. The number of urea groups is 1. The number of methoxy groups -OCH3 is 1. The number of carbonyl (C=O) groups is 5. The number of fused-ring (bicyclic) bond motifs is 1. The molecule has 36 heavy (non-hydrogen) atoms. The van der Waals surface area contributed by atoms with Gasteiger partial charge in [-0.15, -0.1) is 0 Å². The summed E-state index contributed by atoms with van der Waals surface area (Å²) in [6.07, 6.45) is 0. The number of nitrogens with zero attached hydrogens (tertiary/aromatic N) is 1. The molecule has 0 aromatic heterocycles. The summed E-state index contributed by atoms with van der Waals surface area (Å²) in [6.45, 7) is 0.606. The third kappa shape index (κ3) is 4.76. The molecular formula is C25H23N3O8. The largest absolute Gasteiger partial charge is 0.497 e. The first-order chi connectivity index (χ1) is 17.3. The van der Waals surface area contributed by atoms with E-state index in [0.717, 1.165) is 4.90 Å². The zero-order valence-electron chi connectivity index (χ0n) is 19.5. The van der Waals surface area contributed by atoms with Gasteiger partial charge in [0.2, 0.25) is 0 Å². The Balaban J connectivity index is 1.54. The van der Waals surface area contributed by atoms with Crippen LogP contribution in [0.25, 0.3) is 0 Å². The summed E-state index contributed by atoms with van der Waals surface area (Å²) < 4.78 is 15.6. The van der Waals surface area contributed by atoms with Crippen LogP contribution in [0.2, 0.25) is 0 Å². The molecule has 2 aromatic carbocycles. The molecule has 186 valence electrons. The molecule has 0 spiro atoms. The summed E-state index contributed by atoms with van der Waals surface area (Å²) in [6, 6.07) is 11.5. The van der Waals surface area contributed by atoms with E-state index in [9.17, 15) is 24.0 Å². The van der Waals surface area contributed by atoms with Crippen LogP contribution < -0.4 is 15.4 Å². The van der Waals surface area contributed by atoms with Crippen LogP contribution in [0.5, 0.6) is 5.75 Å². The van der Waals surface area contributed by atoms with Crippen molar-refractivity contribution in [3.8, 4) is 5.75 Å². The van der Waals surface area contributed by atoms with E-state index in [1.165, 1.54) is 19.2 Å². The van der Waals surface area contributed by atoms with Crippen LogP contribution in [-0.2, 0) is 19.1 Å². The molecule has 2 aliphatic rings. The van der Waals surface area contributed by atoms with Gasteiger partial charge in [-0.25, -0.2) is 9.59 Å². The van der Waals surface area contributed by atoms with Gasteiger partial charge in [-0.2, -0.15) is 0 Å². The van der Waals surface area contributed by atoms with E-state index in [2.05, 4.69) is 10.6 Å². The molecule has 2 N–H and O–H groups in total. The molecule has 0 saturated carbocycles. The molecule has 1 atom stereocenters. The van der Waals surface area contributed by atoms with Crippen molar-refractivity contribution in [2.75, 3.05) is 26.9 Å². The minimum Gasteiger partial charge on any atom is -0.497 e. The normalized spacial score (nSPS) is 16.8. The maximum atomic E-state index is 12.8. The molecule has 4 amide bonds. The first-order valence-electron chi connectivity index (χ1n) is 11.1. The number of rotatable bonds is 8. The second-order valence-electron chi connectivity index (χ2n) is 7.82. The summed E-state index contributed by atoms with van der Waals surface area (Å²) in [5.74, 6) is -2.23. The highest BCUT2D eigenvalue weighted by molar-refractivity contribution is 6.22. The van der Waals surface area contributed by atoms with Crippen LogP contribution in [0.3, 0.4) is 0 Å². The molecular weight excluding hydrogens is 470 g/mol. The van der Waals surface area contributed by atoms with Gasteiger partial charge >= 0.3 is 18.0 Å². The fourth-order valence-corrected chi connectivity index (χ4v) is 3.94. The predicted octanol–water partition coefficient (Wildman–Crippen LogP) is 1.71. The average Bonchev–Trinajstić information content (AvgIpc) is 3.12. The van der Waals surface area contributed by atoms with Crippen molar-refractivity contribution in [1.29, 1.82) is 0 Å². The third-order valence-electron chi connectivity index (χ3n) is 5.64. The van der Waals surface area contributed by atoms with Crippen LogP contribution in [-0.4, -0.2) is 61.6 Å². The van der Waals surface area contributed by atoms with E-state index in [1.807, 2.05) is 0 Å². The summed E-state index contributed by atoms with van der Waals surface area (Å²) in [4.78, 5) is 63.5. The predicted molar refractivity (Wildman–Crippen MR) is 124 cm³/mol. The Morgan fingerprint density at radius 2 is 1.58 bits per heavy atom. The molecule has 0 fully saturated rings. The van der Waals surface area contributed by atoms with Crippen molar-refractivity contribution in [2.24, 2.45) is 0 Å². The molecule has 0 radical (unpaired) electrons. The SMILES string of the molecule is CCOC(=O)C1=C(COC(=O)CN2C(=O)c3ccccc3C2=O)NC(=O)NC1c1ccc(OC)cc1. The number of ether oxygens (including phenoxy) is 3. The van der Waals surface area contributed by atoms with Crippen molar-refractivity contribution >= 4 is 29.8 Å². The lowest BCUT2D eigenvalue weighted by molar-refractivity contribution is -0.144. The molecule has 2 heterocycles. The molecule has 0 saturated heterocycles. The Kier molecular flexibility index (Phi) is 7.00. The summed E-state index contributed by atoms with van der Waals surface area (Å²) in [5.41, 5.74) is 1.05. The summed E-state index contributed by atoms with van der Waals surface area (Å²) in [7, 11) is 1.51. The topological polar surface area (TPSA) is 140 Å². The average molecular weight is 493 g/mol. The van der Waals surface area contributed by atoms with Gasteiger partial charge in [-0.05, 0) is 36.8 Å². The van der Waals surface area contributed by atoms with Gasteiger partial charge in [0, 0.05) is 0 Å². The Bertz CT molecular complexity index is 1230. The minimum atomic E-state index is -0.894. The maximum absolute atomic E-state index is 12.8. The van der Waals surface area contributed by atoms with Crippen molar-refractivity contribution < 1.29 is 38.2 Å². The van der Waals surface area contributed by atoms with E-state index in [0.29, 0.717) is 11.3 Å². The van der Waals surface area contributed by atoms with Crippen molar-refractivity contribution in [3.05, 3.63) is 76.5 Å². The Morgan fingerprint density at radius 3 is 2.17 bits per heavy atom. The van der Waals surface area contributed by atoms with Crippen molar-refractivity contribution in [3.63, 3.8) is 0 Å². The lowest BCUT2D eigenvalue weighted by atomic mass is 9.95. The standard InChI is InChI=1S/C25H23N3O8/c1-3-35-24(32)20-18(26-25(33)27-21(20)14-8-10-15(34-2)11-9-14)13-36-19(29)12-28-22(30)16-6-4-5-7-17(16)23(28)31/h4-11,21H,3,12-13H2,1-2H3,(H2,26,27,33). The quantitative estimate of drug-likeness (QED) is 0.418. The van der Waals surface area contributed by atoms with Gasteiger partial charge in [-0.1, -0.05) is 24.3 Å². The van der Waals surface area contributed by atoms with Crippen molar-refractivity contribution in [2.45, 2.75) is 13.0 Å². The molecule has 1 unspecified atom stereocenters. The highest BCUT2D eigenvalue weighted by Crippen LogP contribution is 2.29. The van der Waals surface area contributed by atoms with E-state index in [-0.39, 0.29) is 29.0 Å². The second-order valence-corrected chi connectivity index (χ2v) is 7.82. The number of imide groups is 1. The number of esters is 2. The molecule has 2 aliphatic heterocycles. The van der Waals surface area contributed by atoms with E-state index in [1.54, 1.807) is 43.3 Å². The van der Waals surface area contributed by atoms with Gasteiger partial charge in [-0.3, -0.25) is 19.3 Å². The number of nitrogens with one attached hydrogen (secondary N) is 2. The number of carbonyl (C=O) groups excluding carboxylic acids is 5. The fourth-order valence-electron chi connectivity index (χ4n) is 3.94. The van der Waals surface area contributed by atoms with Gasteiger partial charge in [0.1, 0.15) is 18.9 Å². The molecule has 4 rings (SSSR count). The van der Waals surface area contributed by atoms with Crippen LogP contribution in [0.4, 0.5) is 4.79 Å². The fraction of sp³-hybridized carbons (Fsp3) is 0.240. The van der Waals surface area contributed by atoms with Crippen LogP contribution in [0.1, 0.15) is 39.2 Å². The lowest BCUT2D eigenvalue weighted by Crippen LogP contribution is -2.47. The lowest BCUT2D eigenvalue weighted by Gasteiger charge is -2.29. The highest BCUT2D eigenvalue weighted by atomic mass is 16.5.